The molecule has 2 rings (SSSR count). The molecular formula is C12H14N2S. The Morgan fingerprint density at radius 3 is 2.80 bits per heavy atom. The SMILES string of the molecule is CCc1cccc(-n2c(C)c[nH]c2=S)c1. The Kier molecular flexibility index (Phi) is 2.73. The molecule has 0 aliphatic carbocycles. The molecule has 2 aromatic rings. The van der Waals surface area contributed by atoms with Gasteiger partial charge in [0.1, 0.15) is 0 Å². The number of rotatable bonds is 2. The maximum Gasteiger partial charge on any atom is 0.182 e. The molecule has 15 heavy (non-hydrogen) atoms. The molecule has 0 saturated carbocycles. The van der Waals surface area contributed by atoms with Crippen LogP contribution >= 0.6 is 12.2 Å². The van der Waals surface area contributed by atoms with Crippen molar-refractivity contribution in [2.24, 2.45) is 0 Å². The highest BCUT2D eigenvalue weighted by molar-refractivity contribution is 7.71. The monoisotopic (exact) mass is 218 g/mol. The summed E-state index contributed by atoms with van der Waals surface area (Å²) in [6.07, 6.45) is 2.98. The lowest BCUT2D eigenvalue weighted by atomic mass is 10.1. The molecule has 2 nitrogen and oxygen atoms in total. The Hall–Kier alpha value is -1.35. The number of aromatic nitrogens is 2. The van der Waals surface area contributed by atoms with Gasteiger partial charge in [0.15, 0.2) is 4.77 Å². The molecule has 0 unspecified atom stereocenters. The molecule has 0 atom stereocenters. The third kappa shape index (κ3) is 1.88. The minimum atomic E-state index is 0.751. The third-order valence-corrected chi connectivity index (χ3v) is 2.84. The van der Waals surface area contributed by atoms with Gasteiger partial charge >= 0.3 is 0 Å². The molecule has 0 bridgehead atoms. The molecule has 1 N–H and O–H groups in total. The first-order chi connectivity index (χ1) is 7.22. The van der Waals surface area contributed by atoms with Gasteiger partial charge in [0, 0.05) is 17.6 Å². The minimum Gasteiger partial charge on any atom is -0.337 e. The van der Waals surface area contributed by atoms with Crippen LogP contribution in [0, 0.1) is 11.7 Å². The predicted octanol–water partition coefficient (Wildman–Crippen LogP) is 3.41. The van der Waals surface area contributed by atoms with E-state index in [0.29, 0.717) is 0 Å². The van der Waals surface area contributed by atoms with Crippen LogP contribution in [-0.2, 0) is 6.42 Å². The summed E-state index contributed by atoms with van der Waals surface area (Å²) in [5.74, 6) is 0. The van der Waals surface area contributed by atoms with Gasteiger partial charge < -0.3 is 4.98 Å². The molecule has 1 heterocycles. The molecule has 0 fully saturated rings. The molecule has 0 aliphatic heterocycles. The summed E-state index contributed by atoms with van der Waals surface area (Å²) in [7, 11) is 0. The summed E-state index contributed by atoms with van der Waals surface area (Å²) >= 11 is 5.24. The largest absolute Gasteiger partial charge is 0.337 e. The minimum absolute atomic E-state index is 0.751. The van der Waals surface area contributed by atoms with Gasteiger partial charge in [-0.15, -0.1) is 0 Å². The van der Waals surface area contributed by atoms with Crippen molar-refractivity contribution in [1.29, 1.82) is 0 Å². The lowest BCUT2D eigenvalue weighted by molar-refractivity contribution is 0.977. The fraction of sp³-hybridized carbons (Fsp3) is 0.250. The van der Waals surface area contributed by atoms with E-state index in [0.717, 1.165) is 22.6 Å². The summed E-state index contributed by atoms with van der Waals surface area (Å²) in [5.41, 5.74) is 3.60. The maximum absolute atomic E-state index is 5.24. The van der Waals surface area contributed by atoms with Gasteiger partial charge in [-0.2, -0.15) is 0 Å². The van der Waals surface area contributed by atoms with E-state index in [4.69, 9.17) is 12.2 Å². The first-order valence-corrected chi connectivity index (χ1v) is 5.49. The number of aryl methyl sites for hydroxylation is 2. The van der Waals surface area contributed by atoms with E-state index >= 15 is 0 Å². The highest BCUT2D eigenvalue weighted by Crippen LogP contribution is 2.14. The van der Waals surface area contributed by atoms with Gasteiger partial charge in [-0.3, -0.25) is 4.57 Å². The number of H-pyrrole nitrogens is 1. The molecule has 78 valence electrons. The van der Waals surface area contributed by atoms with E-state index in [-0.39, 0.29) is 0 Å². The van der Waals surface area contributed by atoms with Gasteiger partial charge in [-0.05, 0) is 43.3 Å². The van der Waals surface area contributed by atoms with Crippen LogP contribution < -0.4 is 0 Å². The molecule has 0 spiro atoms. The first-order valence-electron chi connectivity index (χ1n) is 5.08. The molecular weight excluding hydrogens is 204 g/mol. The Balaban J connectivity index is 2.59. The van der Waals surface area contributed by atoms with Crippen LogP contribution in [0.15, 0.2) is 30.5 Å². The molecule has 0 aliphatic rings. The van der Waals surface area contributed by atoms with E-state index in [1.165, 1.54) is 5.56 Å². The highest BCUT2D eigenvalue weighted by Gasteiger charge is 2.02. The van der Waals surface area contributed by atoms with Crippen LogP contribution in [0.25, 0.3) is 5.69 Å². The van der Waals surface area contributed by atoms with Gasteiger partial charge in [0.05, 0.1) is 0 Å². The number of hydrogen-bond donors (Lipinski definition) is 1. The van der Waals surface area contributed by atoms with Gasteiger partial charge in [-0.25, -0.2) is 0 Å². The summed E-state index contributed by atoms with van der Waals surface area (Å²) in [6, 6.07) is 8.46. The fourth-order valence-electron chi connectivity index (χ4n) is 1.69. The van der Waals surface area contributed by atoms with Crippen LogP contribution in [0.4, 0.5) is 0 Å². The number of benzene rings is 1. The van der Waals surface area contributed by atoms with Crippen LogP contribution in [0.5, 0.6) is 0 Å². The van der Waals surface area contributed by atoms with E-state index < -0.39 is 0 Å². The average Bonchev–Trinajstić information content (AvgIpc) is 2.59. The lowest BCUT2D eigenvalue weighted by Crippen LogP contribution is -1.97. The number of hydrogen-bond acceptors (Lipinski definition) is 1. The quantitative estimate of drug-likeness (QED) is 0.766. The van der Waals surface area contributed by atoms with Crippen molar-refractivity contribution in [3.8, 4) is 5.69 Å². The van der Waals surface area contributed by atoms with Crippen LogP contribution in [0.2, 0.25) is 0 Å². The van der Waals surface area contributed by atoms with Crippen molar-refractivity contribution < 1.29 is 0 Å². The molecule has 0 radical (unpaired) electrons. The van der Waals surface area contributed by atoms with Crippen molar-refractivity contribution >= 4 is 12.2 Å². The molecule has 3 heteroatoms. The second-order valence-electron chi connectivity index (χ2n) is 3.59. The Morgan fingerprint density at radius 2 is 2.20 bits per heavy atom. The van der Waals surface area contributed by atoms with Gasteiger partial charge in [0.25, 0.3) is 0 Å². The number of imidazole rings is 1. The standard InChI is InChI=1S/C12H14N2S/c1-3-10-5-4-6-11(7-10)14-9(2)8-13-12(14)15/h4-8H,3H2,1-2H3,(H,13,15). The van der Waals surface area contributed by atoms with Crippen LogP contribution in [0.1, 0.15) is 18.2 Å². The van der Waals surface area contributed by atoms with E-state index in [2.05, 4.69) is 40.7 Å². The van der Waals surface area contributed by atoms with Crippen molar-refractivity contribution in [3.05, 3.63) is 46.5 Å². The maximum atomic E-state index is 5.24. The van der Waals surface area contributed by atoms with Crippen molar-refractivity contribution in [2.45, 2.75) is 20.3 Å². The van der Waals surface area contributed by atoms with Crippen LogP contribution in [-0.4, -0.2) is 9.55 Å². The smallest absolute Gasteiger partial charge is 0.182 e. The zero-order valence-electron chi connectivity index (χ0n) is 8.95. The molecule has 0 amide bonds. The lowest BCUT2D eigenvalue weighted by Gasteiger charge is -2.06. The zero-order chi connectivity index (χ0) is 10.8. The summed E-state index contributed by atoms with van der Waals surface area (Å²) in [5, 5.41) is 0. The average molecular weight is 218 g/mol. The van der Waals surface area contributed by atoms with Gasteiger partial charge in [0.2, 0.25) is 0 Å². The topological polar surface area (TPSA) is 20.7 Å². The summed E-state index contributed by atoms with van der Waals surface area (Å²) in [6.45, 7) is 4.20. The van der Waals surface area contributed by atoms with E-state index in [9.17, 15) is 0 Å². The van der Waals surface area contributed by atoms with E-state index in [1.54, 1.807) is 0 Å². The molecule has 1 aromatic carbocycles. The Bertz CT molecular complexity index is 522. The number of nitrogens with one attached hydrogen (secondary N) is 1. The van der Waals surface area contributed by atoms with Gasteiger partial charge in [-0.1, -0.05) is 19.1 Å². The third-order valence-electron chi connectivity index (χ3n) is 2.54. The van der Waals surface area contributed by atoms with E-state index in [1.807, 2.05) is 13.1 Å². The Morgan fingerprint density at radius 1 is 1.40 bits per heavy atom. The molecule has 1 aromatic heterocycles. The highest BCUT2D eigenvalue weighted by atomic mass is 32.1. The number of nitrogens with zero attached hydrogens (tertiary/aromatic N) is 1. The second-order valence-corrected chi connectivity index (χ2v) is 3.98. The Labute approximate surface area is 94.6 Å². The zero-order valence-corrected chi connectivity index (χ0v) is 9.77. The number of aromatic amines is 1. The summed E-state index contributed by atoms with van der Waals surface area (Å²) in [4.78, 5) is 3.05. The van der Waals surface area contributed by atoms with Crippen LogP contribution in [0.3, 0.4) is 0 Å². The van der Waals surface area contributed by atoms with Crippen molar-refractivity contribution in [3.63, 3.8) is 0 Å². The predicted molar refractivity (Wildman–Crippen MR) is 65.1 cm³/mol. The normalized spacial score (nSPS) is 10.5. The molecule has 0 saturated heterocycles. The fourth-order valence-corrected chi connectivity index (χ4v) is 2.00. The van der Waals surface area contributed by atoms with Crippen molar-refractivity contribution in [2.75, 3.05) is 0 Å². The van der Waals surface area contributed by atoms with Crippen molar-refractivity contribution in [1.82, 2.24) is 9.55 Å². The first kappa shape index (κ1) is 10.2. The summed E-state index contributed by atoms with van der Waals surface area (Å²) < 4.78 is 2.80. The second kappa shape index (κ2) is 4.03.